The minimum atomic E-state index is -0.303. The van der Waals surface area contributed by atoms with Gasteiger partial charge in [0.15, 0.2) is 6.10 Å². The molecule has 1 fully saturated rings. The van der Waals surface area contributed by atoms with Crippen LogP contribution >= 0.6 is 11.6 Å². The van der Waals surface area contributed by atoms with Crippen LogP contribution in [0.5, 0.6) is 5.75 Å². The van der Waals surface area contributed by atoms with Crippen LogP contribution in [0.2, 0.25) is 5.02 Å². The minimum absolute atomic E-state index is 0.0535. The van der Waals surface area contributed by atoms with Crippen LogP contribution in [0.4, 0.5) is 0 Å². The standard InChI is InChI=1S/C17H16ClNO3/c18-13-6-8-14(9-7-13)22-17(12-4-2-1-3-5-12)15-10-19-16(20)11-21-15/h1-9,15,17H,10-11H2,(H,19,20)/t15-,17-/m0/s1. The van der Waals surface area contributed by atoms with Crippen molar-refractivity contribution in [3.63, 3.8) is 0 Å². The zero-order valence-electron chi connectivity index (χ0n) is 11.9. The van der Waals surface area contributed by atoms with Crippen LogP contribution in [-0.4, -0.2) is 25.2 Å². The minimum Gasteiger partial charge on any atom is -0.483 e. The summed E-state index contributed by atoms with van der Waals surface area (Å²) in [5, 5.41) is 3.47. The smallest absolute Gasteiger partial charge is 0.246 e. The van der Waals surface area contributed by atoms with Gasteiger partial charge in [-0.1, -0.05) is 41.9 Å². The van der Waals surface area contributed by atoms with Crippen LogP contribution in [0, 0.1) is 0 Å². The number of benzene rings is 2. The first-order chi connectivity index (χ1) is 10.7. The first-order valence-electron chi connectivity index (χ1n) is 7.08. The normalized spacial score (nSPS) is 19.3. The van der Waals surface area contributed by atoms with Gasteiger partial charge in [-0.3, -0.25) is 4.79 Å². The fourth-order valence-electron chi connectivity index (χ4n) is 2.36. The monoisotopic (exact) mass is 317 g/mol. The summed E-state index contributed by atoms with van der Waals surface area (Å²) < 4.78 is 11.7. The lowest BCUT2D eigenvalue weighted by molar-refractivity contribution is -0.137. The number of ether oxygens (including phenoxy) is 2. The molecule has 2 aromatic rings. The molecule has 0 unspecified atom stereocenters. The molecule has 1 N–H and O–H groups in total. The third-order valence-electron chi connectivity index (χ3n) is 3.47. The van der Waals surface area contributed by atoms with Gasteiger partial charge in [0, 0.05) is 11.6 Å². The van der Waals surface area contributed by atoms with Crippen molar-refractivity contribution in [3.05, 3.63) is 65.2 Å². The van der Waals surface area contributed by atoms with E-state index in [1.165, 1.54) is 0 Å². The quantitative estimate of drug-likeness (QED) is 0.943. The van der Waals surface area contributed by atoms with Crippen molar-refractivity contribution >= 4 is 17.5 Å². The molecule has 5 heteroatoms. The number of carbonyl (C=O) groups excluding carboxylic acids is 1. The van der Waals surface area contributed by atoms with Crippen LogP contribution in [0.15, 0.2) is 54.6 Å². The number of morpholine rings is 1. The van der Waals surface area contributed by atoms with Gasteiger partial charge in [-0.25, -0.2) is 0 Å². The molecule has 1 aliphatic heterocycles. The van der Waals surface area contributed by atoms with Gasteiger partial charge in [-0.15, -0.1) is 0 Å². The van der Waals surface area contributed by atoms with Crippen molar-refractivity contribution in [2.24, 2.45) is 0 Å². The molecule has 1 heterocycles. The Morgan fingerprint density at radius 2 is 1.86 bits per heavy atom. The average molecular weight is 318 g/mol. The summed E-state index contributed by atoms with van der Waals surface area (Å²) in [6, 6.07) is 17.0. The SMILES string of the molecule is O=C1CO[C@H]([C@@H](Oc2ccc(Cl)cc2)c2ccccc2)CN1. The summed E-state index contributed by atoms with van der Waals surface area (Å²) in [5.41, 5.74) is 0.999. The molecule has 114 valence electrons. The second-order valence-electron chi connectivity index (χ2n) is 5.06. The van der Waals surface area contributed by atoms with Gasteiger partial charge in [-0.05, 0) is 29.8 Å². The molecule has 4 nitrogen and oxygen atoms in total. The van der Waals surface area contributed by atoms with E-state index < -0.39 is 0 Å². The Morgan fingerprint density at radius 1 is 1.14 bits per heavy atom. The van der Waals surface area contributed by atoms with Crippen molar-refractivity contribution in [2.75, 3.05) is 13.2 Å². The third-order valence-corrected chi connectivity index (χ3v) is 3.72. The summed E-state index contributed by atoms with van der Waals surface area (Å²) in [4.78, 5) is 11.3. The lowest BCUT2D eigenvalue weighted by Gasteiger charge is -2.31. The summed E-state index contributed by atoms with van der Waals surface area (Å²) in [7, 11) is 0. The average Bonchev–Trinajstić information content (AvgIpc) is 2.56. The maximum absolute atomic E-state index is 11.3. The molecule has 0 aliphatic carbocycles. The maximum atomic E-state index is 11.3. The van der Waals surface area contributed by atoms with Crippen LogP contribution in [0.3, 0.4) is 0 Å². The second-order valence-corrected chi connectivity index (χ2v) is 5.49. The van der Waals surface area contributed by atoms with Crippen LogP contribution < -0.4 is 10.1 Å². The predicted octanol–water partition coefficient (Wildman–Crippen LogP) is 2.98. The van der Waals surface area contributed by atoms with Crippen molar-refractivity contribution in [1.82, 2.24) is 5.32 Å². The molecule has 22 heavy (non-hydrogen) atoms. The van der Waals surface area contributed by atoms with Crippen molar-refractivity contribution in [3.8, 4) is 5.75 Å². The fraction of sp³-hybridized carbons (Fsp3) is 0.235. The first kappa shape index (κ1) is 14.9. The Bertz CT molecular complexity index is 620. The topological polar surface area (TPSA) is 47.6 Å². The van der Waals surface area contributed by atoms with E-state index in [9.17, 15) is 4.79 Å². The molecular weight excluding hydrogens is 302 g/mol. The molecule has 1 saturated heterocycles. The highest BCUT2D eigenvalue weighted by molar-refractivity contribution is 6.30. The third kappa shape index (κ3) is 3.59. The zero-order chi connectivity index (χ0) is 15.4. The van der Waals surface area contributed by atoms with Gasteiger partial charge in [0.1, 0.15) is 18.5 Å². The first-order valence-corrected chi connectivity index (χ1v) is 7.45. The maximum Gasteiger partial charge on any atom is 0.246 e. The van der Waals surface area contributed by atoms with Gasteiger partial charge in [0.25, 0.3) is 0 Å². The largest absolute Gasteiger partial charge is 0.483 e. The lowest BCUT2D eigenvalue weighted by atomic mass is 10.0. The molecule has 0 bridgehead atoms. The van der Waals surface area contributed by atoms with Gasteiger partial charge < -0.3 is 14.8 Å². The van der Waals surface area contributed by atoms with E-state index in [1.807, 2.05) is 42.5 Å². The van der Waals surface area contributed by atoms with Gasteiger partial charge in [0.05, 0.1) is 0 Å². The number of hydrogen-bond acceptors (Lipinski definition) is 3. The van der Waals surface area contributed by atoms with E-state index in [4.69, 9.17) is 21.1 Å². The summed E-state index contributed by atoms with van der Waals surface area (Å²) in [5.74, 6) is 0.605. The second kappa shape index (κ2) is 6.81. The van der Waals surface area contributed by atoms with Crippen molar-refractivity contribution < 1.29 is 14.3 Å². The van der Waals surface area contributed by atoms with E-state index >= 15 is 0 Å². The van der Waals surface area contributed by atoms with E-state index in [-0.39, 0.29) is 24.7 Å². The fourth-order valence-corrected chi connectivity index (χ4v) is 2.49. The molecule has 0 radical (unpaired) electrons. The molecule has 0 saturated carbocycles. The number of rotatable bonds is 4. The number of halogens is 1. The van der Waals surface area contributed by atoms with E-state index in [0.29, 0.717) is 17.3 Å². The zero-order valence-corrected chi connectivity index (χ0v) is 12.6. The van der Waals surface area contributed by atoms with Crippen LogP contribution in [-0.2, 0) is 9.53 Å². The van der Waals surface area contributed by atoms with Crippen molar-refractivity contribution in [1.29, 1.82) is 0 Å². The molecule has 2 atom stereocenters. The Kier molecular flexibility index (Phi) is 4.61. The molecule has 1 aliphatic rings. The summed E-state index contributed by atoms with van der Waals surface area (Å²) >= 11 is 5.90. The molecule has 2 aromatic carbocycles. The van der Waals surface area contributed by atoms with E-state index in [2.05, 4.69) is 5.32 Å². The highest BCUT2D eigenvalue weighted by Crippen LogP contribution is 2.28. The molecular formula is C17H16ClNO3. The molecule has 0 aromatic heterocycles. The Balaban J connectivity index is 1.82. The Hall–Kier alpha value is -2.04. The van der Waals surface area contributed by atoms with E-state index in [0.717, 1.165) is 5.56 Å². The lowest BCUT2D eigenvalue weighted by Crippen LogP contribution is -2.46. The highest BCUT2D eigenvalue weighted by atomic mass is 35.5. The molecule has 3 rings (SSSR count). The van der Waals surface area contributed by atoms with Crippen LogP contribution in [0.25, 0.3) is 0 Å². The summed E-state index contributed by atoms with van der Waals surface area (Å²) in [6.07, 6.45) is -0.543. The predicted molar refractivity (Wildman–Crippen MR) is 84.0 cm³/mol. The number of hydrogen-bond donors (Lipinski definition) is 1. The van der Waals surface area contributed by atoms with Crippen LogP contribution in [0.1, 0.15) is 11.7 Å². The Labute approximate surface area is 134 Å². The number of amides is 1. The number of nitrogens with one attached hydrogen (secondary N) is 1. The van der Waals surface area contributed by atoms with Crippen molar-refractivity contribution in [2.45, 2.75) is 12.2 Å². The Morgan fingerprint density at radius 3 is 2.50 bits per heavy atom. The summed E-state index contributed by atoms with van der Waals surface area (Å²) in [6.45, 7) is 0.476. The highest BCUT2D eigenvalue weighted by Gasteiger charge is 2.30. The van der Waals surface area contributed by atoms with Gasteiger partial charge >= 0.3 is 0 Å². The van der Waals surface area contributed by atoms with E-state index in [1.54, 1.807) is 12.1 Å². The molecule has 0 spiro atoms. The number of carbonyl (C=O) groups is 1. The van der Waals surface area contributed by atoms with Gasteiger partial charge in [0.2, 0.25) is 5.91 Å². The molecule has 1 amide bonds. The van der Waals surface area contributed by atoms with Gasteiger partial charge in [-0.2, -0.15) is 0 Å².